The van der Waals surface area contributed by atoms with Crippen molar-refractivity contribution >= 4 is 38.3 Å². The summed E-state index contributed by atoms with van der Waals surface area (Å²) >= 11 is 2.06. The smallest absolute Gasteiger partial charge is 0.240 e. The standard InChI is InChI=1S/C16H19IN2O3S/c1-19(13-6-4-3-5-7-13)11-10-18-23(20,21)14-8-9-16(22-2)15(17)12-14/h3-9,12,18H,10-11H2,1-2H3. The number of hydrogen-bond donors (Lipinski definition) is 1. The van der Waals surface area contributed by atoms with Crippen LogP contribution in [0.15, 0.2) is 53.4 Å². The topological polar surface area (TPSA) is 58.6 Å². The third-order valence-electron chi connectivity index (χ3n) is 3.37. The van der Waals surface area contributed by atoms with Crippen LogP contribution in [0.1, 0.15) is 0 Å². The van der Waals surface area contributed by atoms with Gasteiger partial charge in [-0.05, 0) is 52.9 Å². The Hall–Kier alpha value is -1.32. The van der Waals surface area contributed by atoms with Crippen molar-refractivity contribution < 1.29 is 13.2 Å². The highest BCUT2D eigenvalue weighted by atomic mass is 127. The Bertz CT molecular complexity index is 751. The molecule has 0 unspecified atom stereocenters. The number of halogens is 1. The molecule has 5 nitrogen and oxygen atoms in total. The number of nitrogens with zero attached hydrogens (tertiary/aromatic N) is 1. The number of sulfonamides is 1. The maximum absolute atomic E-state index is 12.3. The van der Waals surface area contributed by atoms with Crippen molar-refractivity contribution in [2.24, 2.45) is 0 Å². The molecule has 0 aromatic heterocycles. The van der Waals surface area contributed by atoms with Gasteiger partial charge >= 0.3 is 0 Å². The van der Waals surface area contributed by atoms with Gasteiger partial charge in [-0.1, -0.05) is 18.2 Å². The second-order valence-corrected chi connectivity index (χ2v) is 7.88. The molecule has 2 aromatic carbocycles. The van der Waals surface area contributed by atoms with Crippen LogP contribution in [0, 0.1) is 3.57 Å². The van der Waals surface area contributed by atoms with Gasteiger partial charge in [-0.25, -0.2) is 13.1 Å². The number of anilines is 1. The van der Waals surface area contributed by atoms with Crippen molar-refractivity contribution in [3.05, 3.63) is 52.1 Å². The quantitative estimate of drug-likeness (QED) is 0.665. The van der Waals surface area contributed by atoms with Crippen molar-refractivity contribution in [2.45, 2.75) is 4.90 Å². The molecule has 0 atom stereocenters. The summed E-state index contributed by atoms with van der Waals surface area (Å²) in [5.41, 5.74) is 1.05. The number of likely N-dealkylation sites (N-methyl/N-ethyl adjacent to an activating group) is 1. The van der Waals surface area contributed by atoms with Gasteiger partial charge < -0.3 is 9.64 Å². The minimum atomic E-state index is -3.52. The van der Waals surface area contributed by atoms with Gasteiger partial charge in [-0.3, -0.25) is 0 Å². The van der Waals surface area contributed by atoms with E-state index in [1.807, 2.05) is 42.3 Å². The first-order valence-corrected chi connectivity index (χ1v) is 9.59. The number of methoxy groups -OCH3 is 1. The molecular formula is C16H19IN2O3S. The van der Waals surface area contributed by atoms with Gasteiger partial charge in [0.2, 0.25) is 10.0 Å². The average Bonchev–Trinajstić information content (AvgIpc) is 2.55. The number of benzene rings is 2. The van der Waals surface area contributed by atoms with Gasteiger partial charge in [-0.15, -0.1) is 0 Å². The Labute approximate surface area is 150 Å². The normalized spacial score (nSPS) is 11.3. The van der Waals surface area contributed by atoms with Gasteiger partial charge in [0.05, 0.1) is 15.6 Å². The van der Waals surface area contributed by atoms with E-state index in [1.165, 1.54) is 0 Å². The highest BCUT2D eigenvalue weighted by Crippen LogP contribution is 2.23. The molecule has 23 heavy (non-hydrogen) atoms. The van der Waals surface area contributed by atoms with Crippen molar-refractivity contribution in [1.82, 2.24) is 4.72 Å². The zero-order valence-corrected chi connectivity index (χ0v) is 16.0. The molecule has 1 N–H and O–H groups in total. The van der Waals surface area contributed by atoms with E-state index in [1.54, 1.807) is 25.3 Å². The molecule has 0 aliphatic carbocycles. The highest BCUT2D eigenvalue weighted by Gasteiger charge is 2.15. The van der Waals surface area contributed by atoms with E-state index in [-0.39, 0.29) is 4.90 Å². The van der Waals surface area contributed by atoms with Crippen LogP contribution in [0.5, 0.6) is 5.75 Å². The third-order valence-corrected chi connectivity index (χ3v) is 5.67. The number of ether oxygens (including phenoxy) is 1. The van der Waals surface area contributed by atoms with Crippen molar-refractivity contribution in [1.29, 1.82) is 0 Å². The zero-order valence-electron chi connectivity index (χ0n) is 13.0. The largest absolute Gasteiger partial charge is 0.496 e. The zero-order chi connectivity index (χ0) is 16.9. The second kappa shape index (κ2) is 7.98. The van der Waals surface area contributed by atoms with E-state index in [0.717, 1.165) is 9.26 Å². The SMILES string of the molecule is COc1ccc(S(=O)(=O)NCCN(C)c2ccccc2)cc1I. The monoisotopic (exact) mass is 446 g/mol. The maximum Gasteiger partial charge on any atom is 0.240 e. The minimum absolute atomic E-state index is 0.241. The molecule has 0 saturated carbocycles. The molecule has 0 spiro atoms. The van der Waals surface area contributed by atoms with Crippen LogP contribution < -0.4 is 14.4 Å². The lowest BCUT2D eigenvalue weighted by molar-refractivity contribution is 0.411. The summed E-state index contributed by atoms with van der Waals surface area (Å²) in [6.07, 6.45) is 0. The van der Waals surface area contributed by atoms with E-state index < -0.39 is 10.0 Å². The number of para-hydroxylation sites is 1. The molecule has 0 saturated heterocycles. The molecular weight excluding hydrogens is 427 g/mol. The van der Waals surface area contributed by atoms with Crippen LogP contribution in [0.4, 0.5) is 5.69 Å². The fraction of sp³-hybridized carbons (Fsp3) is 0.250. The molecule has 2 rings (SSSR count). The van der Waals surface area contributed by atoms with Gasteiger partial charge in [0.1, 0.15) is 5.75 Å². The fourth-order valence-corrected chi connectivity index (χ4v) is 4.05. The molecule has 2 aromatic rings. The molecule has 7 heteroatoms. The summed E-state index contributed by atoms with van der Waals surface area (Å²) in [5, 5.41) is 0. The van der Waals surface area contributed by atoms with Crippen LogP contribution >= 0.6 is 22.6 Å². The number of nitrogens with one attached hydrogen (secondary N) is 1. The van der Waals surface area contributed by atoms with Gasteiger partial charge in [0, 0.05) is 25.8 Å². The minimum Gasteiger partial charge on any atom is -0.496 e. The summed E-state index contributed by atoms with van der Waals surface area (Å²) in [7, 11) is -0.0333. The maximum atomic E-state index is 12.3. The molecule has 0 aliphatic rings. The molecule has 124 valence electrons. The molecule has 0 bridgehead atoms. The lowest BCUT2D eigenvalue weighted by Gasteiger charge is -2.19. The van der Waals surface area contributed by atoms with E-state index in [9.17, 15) is 8.42 Å². The predicted molar refractivity (Wildman–Crippen MR) is 101 cm³/mol. The van der Waals surface area contributed by atoms with Crippen LogP contribution in [-0.2, 0) is 10.0 Å². The molecule has 0 aliphatic heterocycles. The van der Waals surface area contributed by atoms with Crippen LogP contribution in [-0.4, -0.2) is 35.7 Å². The van der Waals surface area contributed by atoms with Gasteiger partial charge in [0.15, 0.2) is 0 Å². The van der Waals surface area contributed by atoms with Crippen LogP contribution in [0.3, 0.4) is 0 Å². The third kappa shape index (κ3) is 4.82. The van der Waals surface area contributed by atoms with Crippen LogP contribution in [0.2, 0.25) is 0 Å². The Morgan fingerprint density at radius 1 is 1.17 bits per heavy atom. The molecule has 0 heterocycles. The summed E-state index contributed by atoms with van der Waals surface area (Å²) < 4.78 is 33.2. The van der Waals surface area contributed by atoms with Gasteiger partial charge in [0.25, 0.3) is 0 Å². The number of hydrogen-bond acceptors (Lipinski definition) is 4. The van der Waals surface area contributed by atoms with Crippen molar-refractivity contribution in [2.75, 3.05) is 32.1 Å². The summed E-state index contributed by atoms with van der Waals surface area (Å²) in [5.74, 6) is 0.661. The van der Waals surface area contributed by atoms with Crippen molar-refractivity contribution in [3.8, 4) is 5.75 Å². The second-order valence-electron chi connectivity index (χ2n) is 4.95. The van der Waals surface area contributed by atoms with E-state index in [0.29, 0.717) is 18.8 Å². The van der Waals surface area contributed by atoms with E-state index in [4.69, 9.17) is 4.74 Å². The lowest BCUT2D eigenvalue weighted by Crippen LogP contribution is -2.33. The Balaban J connectivity index is 1.98. The Kier molecular flexibility index (Phi) is 6.25. The molecule has 0 amide bonds. The fourth-order valence-electron chi connectivity index (χ4n) is 2.06. The van der Waals surface area contributed by atoms with Crippen molar-refractivity contribution in [3.63, 3.8) is 0 Å². The first-order chi connectivity index (χ1) is 10.9. The summed E-state index contributed by atoms with van der Waals surface area (Å²) in [6.45, 7) is 0.910. The van der Waals surface area contributed by atoms with E-state index in [2.05, 4.69) is 27.3 Å². The highest BCUT2D eigenvalue weighted by molar-refractivity contribution is 14.1. The van der Waals surface area contributed by atoms with Gasteiger partial charge in [-0.2, -0.15) is 0 Å². The number of rotatable bonds is 7. The summed E-state index contributed by atoms with van der Waals surface area (Å²) in [4.78, 5) is 2.24. The average molecular weight is 446 g/mol. The lowest BCUT2D eigenvalue weighted by atomic mass is 10.3. The van der Waals surface area contributed by atoms with Crippen LogP contribution in [0.25, 0.3) is 0 Å². The predicted octanol–water partition coefficient (Wildman–Crippen LogP) is 2.71. The first kappa shape index (κ1) is 18.0. The molecule has 0 fully saturated rings. The van der Waals surface area contributed by atoms with E-state index >= 15 is 0 Å². The molecule has 0 radical (unpaired) electrons. The Morgan fingerprint density at radius 3 is 2.48 bits per heavy atom. The summed E-state index contributed by atoms with van der Waals surface area (Å²) in [6, 6.07) is 14.6. The first-order valence-electron chi connectivity index (χ1n) is 7.03. The Morgan fingerprint density at radius 2 is 1.87 bits per heavy atom.